The minimum Gasteiger partial charge on any atom is -0.349 e. The van der Waals surface area contributed by atoms with Gasteiger partial charge in [-0.15, -0.1) is 0 Å². The molecule has 0 bridgehead atoms. The molecule has 0 aliphatic rings. The highest BCUT2D eigenvalue weighted by Crippen LogP contribution is 2.34. The monoisotopic (exact) mass is 487 g/mol. The molecule has 1 unspecified atom stereocenters. The van der Waals surface area contributed by atoms with Gasteiger partial charge in [-0.2, -0.15) is 9.78 Å². The number of anilines is 1. The minimum atomic E-state index is -0.0923. The summed E-state index contributed by atoms with van der Waals surface area (Å²) in [5.41, 5.74) is 0.855. The molecule has 7 nitrogen and oxygen atoms in total. The molecule has 0 saturated carbocycles. The lowest BCUT2D eigenvalue weighted by atomic mass is 10.2. The van der Waals surface area contributed by atoms with Crippen molar-refractivity contribution in [2.24, 2.45) is 0 Å². The maximum Gasteiger partial charge on any atom is 0.156 e. The maximum absolute atomic E-state index is 4.52. The number of fused-ring (bicyclic) bond motifs is 1. The molecule has 9 heteroatoms. The van der Waals surface area contributed by atoms with Crippen molar-refractivity contribution in [3.05, 3.63) is 64.0 Å². The van der Waals surface area contributed by atoms with Crippen LogP contribution in [0.5, 0.6) is 0 Å². The fourth-order valence-electron chi connectivity index (χ4n) is 2.91. The van der Waals surface area contributed by atoms with Gasteiger partial charge in [0, 0.05) is 27.6 Å². The Hall–Kier alpha value is -2.39. The molecule has 1 aromatic carbocycles. The van der Waals surface area contributed by atoms with Crippen LogP contribution >= 0.6 is 31.9 Å². The Bertz CT molecular complexity index is 1100. The van der Waals surface area contributed by atoms with E-state index in [9.17, 15) is 0 Å². The van der Waals surface area contributed by atoms with Crippen LogP contribution in [0, 0.1) is 0 Å². The molecule has 0 N–H and O–H groups in total. The van der Waals surface area contributed by atoms with Gasteiger partial charge in [-0.1, -0.05) is 22.0 Å². The summed E-state index contributed by atoms with van der Waals surface area (Å²) in [6, 6.07) is 9.60. The van der Waals surface area contributed by atoms with Crippen molar-refractivity contribution in [2.45, 2.75) is 13.0 Å². The van der Waals surface area contributed by atoms with E-state index in [-0.39, 0.29) is 6.04 Å². The van der Waals surface area contributed by atoms with Gasteiger partial charge in [0.05, 0.1) is 11.6 Å². The van der Waals surface area contributed by atoms with Crippen LogP contribution in [-0.2, 0) is 0 Å². The molecule has 1 atom stereocenters. The fraction of sp³-hybridized carbons (Fsp3) is 0.167. The van der Waals surface area contributed by atoms with Gasteiger partial charge in [-0.25, -0.2) is 19.9 Å². The molecule has 0 radical (unpaired) electrons. The summed E-state index contributed by atoms with van der Waals surface area (Å²) in [5.74, 6) is 2.31. The molecule has 27 heavy (non-hydrogen) atoms. The highest BCUT2D eigenvalue weighted by molar-refractivity contribution is 9.11. The second-order valence-corrected chi connectivity index (χ2v) is 7.76. The first-order chi connectivity index (χ1) is 13.1. The third-order valence-electron chi connectivity index (χ3n) is 4.37. The lowest BCUT2D eigenvalue weighted by molar-refractivity contribution is 0.641. The van der Waals surface area contributed by atoms with E-state index in [1.165, 1.54) is 0 Å². The van der Waals surface area contributed by atoms with Gasteiger partial charge >= 0.3 is 0 Å². The number of pyridine rings is 1. The summed E-state index contributed by atoms with van der Waals surface area (Å²) in [5, 5.41) is 5.28. The van der Waals surface area contributed by atoms with Crippen molar-refractivity contribution in [1.82, 2.24) is 29.7 Å². The summed E-state index contributed by atoms with van der Waals surface area (Å²) < 4.78 is 3.61. The number of halogens is 2. The number of hydrogen-bond acceptors (Lipinski definition) is 6. The molecule has 4 rings (SSSR count). The minimum absolute atomic E-state index is 0.0923. The van der Waals surface area contributed by atoms with E-state index in [1.54, 1.807) is 23.5 Å². The van der Waals surface area contributed by atoms with Crippen LogP contribution in [0.2, 0.25) is 0 Å². The van der Waals surface area contributed by atoms with Crippen LogP contribution in [0.3, 0.4) is 0 Å². The van der Waals surface area contributed by atoms with E-state index in [1.807, 2.05) is 37.4 Å². The Morgan fingerprint density at radius 1 is 1.04 bits per heavy atom. The van der Waals surface area contributed by atoms with Crippen LogP contribution in [0.25, 0.3) is 16.7 Å². The molecule has 0 spiro atoms. The van der Waals surface area contributed by atoms with Crippen molar-refractivity contribution in [3.63, 3.8) is 0 Å². The van der Waals surface area contributed by atoms with Crippen LogP contribution < -0.4 is 4.90 Å². The van der Waals surface area contributed by atoms with Gasteiger partial charge in [-0.05, 0) is 47.1 Å². The number of nitrogens with zero attached hydrogens (tertiary/aromatic N) is 7. The first-order valence-electron chi connectivity index (χ1n) is 8.20. The van der Waals surface area contributed by atoms with Gasteiger partial charge < -0.3 is 4.90 Å². The van der Waals surface area contributed by atoms with Gasteiger partial charge in [0.25, 0.3) is 0 Å². The van der Waals surface area contributed by atoms with Gasteiger partial charge in [0.15, 0.2) is 11.6 Å². The predicted molar refractivity (Wildman–Crippen MR) is 111 cm³/mol. The topological polar surface area (TPSA) is 72.6 Å². The first kappa shape index (κ1) is 18.0. The summed E-state index contributed by atoms with van der Waals surface area (Å²) >= 11 is 7.12. The summed E-state index contributed by atoms with van der Waals surface area (Å²) in [6.07, 6.45) is 4.85. The maximum atomic E-state index is 4.52. The number of benzene rings is 1. The van der Waals surface area contributed by atoms with Crippen LogP contribution in [0.4, 0.5) is 5.82 Å². The standard InChI is InChI=1S/C18H15Br2N7/c1-11(17-24-10-25-27(17)15-5-3-4-6-21-15)26(2)18-13-7-12(19)8-14(20)16(13)22-9-23-18/h3-11H,1-2H3. The third kappa shape index (κ3) is 3.32. The van der Waals surface area contributed by atoms with Gasteiger partial charge in [0.2, 0.25) is 0 Å². The summed E-state index contributed by atoms with van der Waals surface area (Å²) in [7, 11) is 1.98. The summed E-state index contributed by atoms with van der Waals surface area (Å²) in [6.45, 7) is 2.06. The average molecular weight is 489 g/mol. The lowest BCUT2D eigenvalue weighted by Crippen LogP contribution is -2.26. The van der Waals surface area contributed by atoms with E-state index >= 15 is 0 Å². The zero-order valence-electron chi connectivity index (χ0n) is 14.6. The van der Waals surface area contributed by atoms with Crippen molar-refractivity contribution >= 4 is 48.6 Å². The molecule has 3 heterocycles. The van der Waals surface area contributed by atoms with Crippen molar-refractivity contribution in [2.75, 3.05) is 11.9 Å². The zero-order chi connectivity index (χ0) is 19.0. The molecule has 0 aliphatic carbocycles. The van der Waals surface area contributed by atoms with Crippen LogP contribution in [0.15, 0.2) is 58.1 Å². The van der Waals surface area contributed by atoms with E-state index in [4.69, 9.17) is 0 Å². The Morgan fingerprint density at radius 3 is 2.67 bits per heavy atom. The predicted octanol–water partition coefficient (Wildman–Crippen LogP) is 4.33. The van der Waals surface area contributed by atoms with Crippen molar-refractivity contribution in [1.29, 1.82) is 0 Å². The van der Waals surface area contributed by atoms with Crippen molar-refractivity contribution in [3.8, 4) is 5.82 Å². The fourth-order valence-corrected chi connectivity index (χ4v) is 4.23. The Balaban J connectivity index is 1.78. The second-order valence-electron chi connectivity index (χ2n) is 5.99. The smallest absolute Gasteiger partial charge is 0.156 e. The van der Waals surface area contributed by atoms with Crippen LogP contribution in [0.1, 0.15) is 18.8 Å². The highest BCUT2D eigenvalue weighted by atomic mass is 79.9. The molecular weight excluding hydrogens is 474 g/mol. The Labute approximate surface area is 172 Å². The zero-order valence-corrected chi connectivity index (χ0v) is 17.8. The number of rotatable bonds is 4. The molecule has 0 saturated heterocycles. The van der Waals surface area contributed by atoms with E-state index < -0.39 is 0 Å². The average Bonchev–Trinajstić information content (AvgIpc) is 3.17. The quantitative estimate of drug-likeness (QED) is 0.425. The highest BCUT2D eigenvalue weighted by Gasteiger charge is 2.22. The van der Waals surface area contributed by atoms with E-state index in [0.29, 0.717) is 0 Å². The van der Waals surface area contributed by atoms with Crippen molar-refractivity contribution < 1.29 is 0 Å². The number of hydrogen-bond donors (Lipinski definition) is 0. The SMILES string of the molecule is CC(c1ncnn1-c1ccccn1)N(C)c1ncnc2c(Br)cc(Br)cc12. The molecule has 0 fully saturated rings. The molecule has 3 aromatic heterocycles. The largest absolute Gasteiger partial charge is 0.349 e. The molecule has 136 valence electrons. The van der Waals surface area contributed by atoms with E-state index in [0.717, 1.165) is 37.3 Å². The molecular formula is C18H15Br2N7. The molecule has 0 amide bonds. The Morgan fingerprint density at radius 2 is 1.89 bits per heavy atom. The summed E-state index contributed by atoms with van der Waals surface area (Å²) in [4.78, 5) is 19.8. The van der Waals surface area contributed by atoms with Crippen LogP contribution in [-0.4, -0.2) is 36.8 Å². The number of aromatic nitrogens is 6. The molecule has 0 aliphatic heterocycles. The van der Waals surface area contributed by atoms with E-state index in [2.05, 4.69) is 68.7 Å². The van der Waals surface area contributed by atoms with Gasteiger partial charge in [-0.3, -0.25) is 0 Å². The lowest BCUT2D eigenvalue weighted by Gasteiger charge is -2.26. The Kier molecular flexibility index (Phi) is 4.88. The third-order valence-corrected chi connectivity index (χ3v) is 5.43. The molecule has 4 aromatic rings. The second kappa shape index (κ2) is 7.32. The normalized spacial score (nSPS) is 12.3. The first-order valence-corrected chi connectivity index (χ1v) is 9.79. The van der Waals surface area contributed by atoms with Gasteiger partial charge in [0.1, 0.15) is 18.5 Å².